The predicted molar refractivity (Wildman–Crippen MR) is 55.7 cm³/mol. The molecule has 2 heterocycles. The summed E-state index contributed by atoms with van der Waals surface area (Å²) < 4.78 is 0. The average molecular weight is 206 g/mol. The lowest BCUT2D eigenvalue weighted by Gasteiger charge is -2.09. The number of Topliss-reactive ketones (excluding diaryl/α,β-unsaturated/α-hetero) is 1. The molecule has 0 aliphatic heterocycles. The minimum atomic E-state index is 0.266. The number of ketones is 1. The highest BCUT2D eigenvalue weighted by atomic mass is 32.1. The normalized spacial score (nSPS) is 14.0. The van der Waals surface area contributed by atoms with E-state index >= 15 is 0 Å². The summed E-state index contributed by atoms with van der Waals surface area (Å²) >= 11 is 3.40. The molecule has 0 N–H and O–H groups in total. The molecule has 0 spiro atoms. The summed E-state index contributed by atoms with van der Waals surface area (Å²) in [6.45, 7) is 0. The van der Waals surface area contributed by atoms with Crippen LogP contribution in [0.5, 0.6) is 0 Å². The van der Waals surface area contributed by atoms with E-state index in [2.05, 4.69) is 11.4 Å². The Kier molecular flexibility index (Phi) is 1.45. The highest BCUT2D eigenvalue weighted by molar-refractivity contribution is 7.21. The van der Waals surface area contributed by atoms with Crippen LogP contribution in [0.1, 0.15) is 15.9 Å². The van der Waals surface area contributed by atoms with Gasteiger partial charge in [0.1, 0.15) is 0 Å². The van der Waals surface area contributed by atoms with Crippen molar-refractivity contribution >= 4 is 28.5 Å². The first kappa shape index (κ1) is 7.47. The maximum absolute atomic E-state index is 11.6. The SMILES string of the molecule is O=C1Cc2ccsc2-c2sccc21. The van der Waals surface area contributed by atoms with Crippen LogP contribution in [-0.4, -0.2) is 5.78 Å². The third-order valence-corrected chi connectivity index (χ3v) is 4.30. The largest absolute Gasteiger partial charge is 0.294 e. The Morgan fingerprint density at radius 2 is 1.85 bits per heavy atom. The van der Waals surface area contributed by atoms with Crippen LogP contribution in [0.3, 0.4) is 0 Å². The quantitative estimate of drug-likeness (QED) is 0.647. The van der Waals surface area contributed by atoms with Crippen LogP contribution < -0.4 is 0 Å². The van der Waals surface area contributed by atoms with Crippen molar-refractivity contribution in [1.29, 1.82) is 0 Å². The Bertz CT molecular complexity index is 479. The highest BCUT2D eigenvalue weighted by Gasteiger charge is 2.24. The van der Waals surface area contributed by atoms with Gasteiger partial charge in [0.2, 0.25) is 0 Å². The van der Waals surface area contributed by atoms with E-state index in [0.717, 1.165) is 5.56 Å². The Morgan fingerprint density at radius 3 is 2.77 bits per heavy atom. The van der Waals surface area contributed by atoms with E-state index in [-0.39, 0.29) is 5.78 Å². The molecular weight excluding hydrogens is 200 g/mol. The molecular formula is C10H6OS2. The van der Waals surface area contributed by atoms with Gasteiger partial charge in [-0.05, 0) is 28.5 Å². The maximum atomic E-state index is 11.6. The van der Waals surface area contributed by atoms with E-state index in [1.165, 1.54) is 15.3 Å². The number of rotatable bonds is 0. The van der Waals surface area contributed by atoms with Gasteiger partial charge in [0.15, 0.2) is 5.78 Å². The van der Waals surface area contributed by atoms with Gasteiger partial charge in [0.25, 0.3) is 0 Å². The number of hydrogen-bond donors (Lipinski definition) is 0. The molecule has 3 heteroatoms. The van der Waals surface area contributed by atoms with Gasteiger partial charge in [-0.2, -0.15) is 0 Å². The molecule has 64 valence electrons. The zero-order valence-electron chi connectivity index (χ0n) is 6.74. The van der Waals surface area contributed by atoms with Crippen LogP contribution in [0.15, 0.2) is 22.9 Å². The zero-order chi connectivity index (χ0) is 8.84. The smallest absolute Gasteiger partial charge is 0.168 e. The summed E-state index contributed by atoms with van der Waals surface area (Å²) in [6, 6.07) is 3.99. The van der Waals surface area contributed by atoms with Crippen LogP contribution in [0.2, 0.25) is 0 Å². The first-order chi connectivity index (χ1) is 6.36. The second kappa shape index (κ2) is 2.53. The van der Waals surface area contributed by atoms with E-state index in [1.54, 1.807) is 22.7 Å². The predicted octanol–water partition coefficient (Wildman–Crippen LogP) is 3.22. The Labute approximate surface area is 83.7 Å². The lowest BCUT2D eigenvalue weighted by molar-refractivity contribution is 0.0992. The van der Waals surface area contributed by atoms with Crippen LogP contribution in [0.4, 0.5) is 0 Å². The first-order valence-corrected chi connectivity index (χ1v) is 5.79. The molecule has 0 amide bonds. The molecule has 1 nitrogen and oxygen atoms in total. The van der Waals surface area contributed by atoms with Crippen molar-refractivity contribution in [3.05, 3.63) is 34.0 Å². The molecule has 2 aromatic rings. The summed E-state index contributed by atoms with van der Waals surface area (Å²) in [5.41, 5.74) is 2.12. The van der Waals surface area contributed by atoms with Gasteiger partial charge in [-0.3, -0.25) is 4.79 Å². The Hall–Kier alpha value is -0.930. The van der Waals surface area contributed by atoms with Crippen molar-refractivity contribution < 1.29 is 4.79 Å². The van der Waals surface area contributed by atoms with Gasteiger partial charge in [-0.15, -0.1) is 22.7 Å². The van der Waals surface area contributed by atoms with E-state index < -0.39 is 0 Å². The fraction of sp³-hybridized carbons (Fsp3) is 0.100. The van der Waals surface area contributed by atoms with Crippen LogP contribution >= 0.6 is 22.7 Å². The van der Waals surface area contributed by atoms with Crippen LogP contribution in [-0.2, 0) is 6.42 Å². The van der Waals surface area contributed by atoms with Crippen molar-refractivity contribution in [2.45, 2.75) is 6.42 Å². The molecule has 0 atom stereocenters. The van der Waals surface area contributed by atoms with E-state index in [1.807, 2.05) is 11.4 Å². The van der Waals surface area contributed by atoms with Crippen molar-refractivity contribution in [2.75, 3.05) is 0 Å². The van der Waals surface area contributed by atoms with E-state index in [9.17, 15) is 4.79 Å². The monoisotopic (exact) mass is 206 g/mol. The van der Waals surface area contributed by atoms with Gasteiger partial charge in [-0.25, -0.2) is 0 Å². The summed E-state index contributed by atoms with van der Waals surface area (Å²) in [5.74, 6) is 0.266. The second-order valence-electron chi connectivity index (χ2n) is 3.04. The molecule has 0 aromatic carbocycles. The second-order valence-corrected chi connectivity index (χ2v) is 4.87. The van der Waals surface area contributed by atoms with Crippen molar-refractivity contribution in [2.24, 2.45) is 0 Å². The van der Waals surface area contributed by atoms with Gasteiger partial charge in [-0.1, -0.05) is 0 Å². The Morgan fingerprint density at radius 1 is 1.08 bits per heavy atom. The van der Waals surface area contributed by atoms with Gasteiger partial charge in [0.05, 0.1) is 4.88 Å². The first-order valence-electron chi connectivity index (χ1n) is 4.03. The number of hydrogen-bond acceptors (Lipinski definition) is 3. The third kappa shape index (κ3) is 0.943. The summed E-state index contributed by atoms with van der Waals surface area (Å²) in [4.78, 5) is 14.1. The van der Waals surface area contributed by atoms with Gasteiger partial charge < -0.3 is 0 Å². The fourth-order valence-electron chi connectivity index (χ4n) is 1.65. The third-order valence-electron chi connectivity index (χ3n) is 2.27. The number of thiophene rings is 2. The van der Waals surface area contributed by atoms with Crippen molar-refractivity contribution in [1.82, 2.24) is 0 Å². The zero-order valence-corrected chi connectivity index (χ0v) is 8.37. The molecule has 0 saturated heterocycles. The lowest BCUT2D eigenvalue weighted by Crippen LogP contribution is -2.07. The molecule has 3 rings (SSSR count). The number of carbonyl (C=O) groups is 1. The standard InChI is InChI=1S/C10H6OS2/c11-8-5-6-1-3-12-9(6)10-7(8)2-4-13-10/h1-4H,5H2. The topological polar surface area (TPSA) is 17.1 Å². The minimum Gasteiger partial charge on any atom is -0.294 e. The average Bonchev–Trinajstić information content (AvgIpc) is 2.66. The number of carbonyl (C=O) groups excluding carboxylic acids is 1. The molecule has 0 fully saturated rings. The molecule has 0 radical (unpaired) electrons. The molecule has 0 bridgehead atoms. The minimum absolute atomic E-state index is 0.266. The van der Waals surface area contributed by atoms with Gasteiger partial charge >= 0.3 is 0 Å². The maximum Gasteiger partial charge on any atom is 0.168 e. The molecule has 13 heavy (non-hydrogen) atoms. The fourth-order valence-corrected chi connectivity index (χ4v) is 3.70. The summed E-state index contributed by atoms with van der Waals surface area (Å²) in [5, 5.41) is 4.06. The molecule has 1 aliphatic rings. The van der Waals surface area contributed by atoms with E-state index in [4.69, 9.17) is 0 Å². The molecule has 1 aliphatic carbocycles. The van der Waals surface area contributed by atoms with Crippen molar-refractivity contribution in [3.8, 4) is 9.75 Å². The van der Waals surface area contributed by atoms with Crippen LogP contribution in [0, 0.1) is 0 Å². The highest BCUT2D eigenvalue weighted by Crippen LogP contribution is 2.40. The van der Waals surface area contributed by atoms with Gasteiger partial charge in [0, 0.05) is 16.9 Å². The summed E-state index contributed by atoms with van der Waals surface area (Å²) in [7, 11) is 0. The molecule has 0 saturated carbocycles. The lowest BCUT2D eigenvalue weighted by atomic mass is 9.97. The van der Waals surface area contributed by atoms with Crippen LogP contribution in [0.25, 0.3) is 9.75 Å². The number of fused-ring (bicyclic) bond motifs is 3. The van der Waals surface area contributed by atoms with E-state index in [0.29, 0.717) is 6.42 Å². The molecule has 2 aromatic heterocycles. The molecule has 0 unspecified atom stereocenters. The summed E-state index contributed by atoms with van der Waals surface area (Å²) in [6.07, 6.45) is 0.586. The van der Waals surface area contributed by atoms with Crippen molar-refractivity contribution in [3.63, 3.8) is 0 Å². The Balaban J connectivity index is 2.36.